The lowest BCUT2D eigenvalue weighted by molar-refractivity contribution is -0.0514. The topological polar surface area (TPSA) is 33.7 Å². The molecule has 0 unspecified atom stereocenters. The minimum atomic E-state index is -2.84. The second-order valence-electron chi connectivity index (χ2n) is 5.97. The predicted octanol–water partition coefficient (Wildman–Crippen LogP) is 3.12. The van der Waals surface area contributed by atoms with E-state index in [0.29, 0.717) is 24.8 Å². The summed E-state index contributed by atoms with van der Waals surface area (Å²) in [4.78, 5) is 2.35. The summed E-state index contributed by atoms with van der Waals surface area (Å²) in [6.45, 7) is 3.36. The molecular weight excluding hydrogens is 302 g/mol. The van der Waals surface area contributed by atoms with Gasteiger partial charge in [-0.1, -0.05) is 6.07 Å². The van der Waals surface area contributed by atoms with Crippen molar-refractivity contribution >= 4 is 0 Å². The van der Waals surface area contributed by atoms with E-state index in [2.05, 4.69) is 22.0 Å². The number of alkyl halides is 2. The van der Waals surface area contributed by atoms with Crippen LogP contribution in [0.15, 0.2) is 18.2 Å². The van der Waals surface area contributed by atoms with Crippen LogP contribution >= 0.6 is 0 Å². The van der Waals surface area contributed by atoms with Gasteiger partial charge in [0.15, 0.2) is 11.5 Å². The number of ether oxygens (including phenoxy) is 2. The number of nitrogens with one attached hydrogen (secondary N) is 1. The molecular formula is C17H26F2N2O2. The van der Waals surface area contributed by atoms with Crippen LogP contribution in [-0.4, -0.2) is 44.8 Å². The SMILES string of the molecule is CCOc1cc(CNCC2CCN(C)CC2)ccc1OC(F)F. The van der Waals surface area contributed by atoms with Gasteiger partial charge in [0, 0.05) is 6.54 Å². The van der Waals surface area contributed by atoms with Crippen molar-refractivity contribution in [3.8, 4) is 11.5 Å². The Bertz CT molecular complexity index is 478. The van der Waals surface area contributed by atoms with Crippen LogP contribution in [0, 0.1) is 5.92 Å². The fourth-order valence-electron chi connectivity index (χ4n) is 2.81. The molecule has 1 N–H and O–H groups in total. The van der Waals surface area contributed by atoms with Crippen LogP contribution < -0.4 is 14.8 Å². The summed E-state index contributed by atoms with van der Waals surface area (Å²) >= 11 is 0. The molecule has 1 aromatic carbocycles. The molecule has 0 atom stereocenters. The van der Waals surface area contributed by atoms with Crippen LogP contribution in [-0.2, 0) is 6.54 Å². The second-order valence-corrected chi connectivity index (χ2v) is 5.97. The molecule has 0 aliphatic carbocycles. The van der Waals surface area contributed by atoms with E-state index in [1.54, 1.807) is 18.2 Å². The van der Waals surface area contributed by atoms with Crippen LogP contribution in [0.2, 0.25) is 0 Å². The lowest BCUT2D eigenvalue weighted by atomic mass is 9.97. The zero-order valence-electron chi connectivity index (χ0n) is 13.9. The van der Waals surface area contributed by atoms with Crippen molar-refractivity contribution in [2.45, 2.75) is 32.9 Å². The normalized spacial score (nSPS) is 16.7. The zero-order valence-corrected chi connectivity index (χ0v) is 13.9. The van der Waals surface area contributed by atoms with Crippen molar-refractivity contribution in [2.75, 3.05) is 33.3 Å². The first kappa shape index (κ1) is 17.9. The van der Waals surface area contributed by atoms with Crippen molar-refractivity contribution in [1.29, 1.82) is 0 Å². The second kappa shape index (κ2) is 9.03. The van der Waals surface area contributed by atoms with Gasteiger partial charge in [0.1, 0.15) is 0 Å². The molecule has 1 heterocycles. The zero-order chi connectivity index (χ0) is 16.7. The predicted molar refractivity (Wildman–Crippen MR) is 86.2 cm³/mol. The Morgan fingerprint density at radius 2 is 2.00 bits per heavy atom. The highest BCUT2D eigenvalue weighted by molar-refractivity contribution is 5.43. The van der Waals surface area contributed by atoms with Gasteiger partial charge in [0.25, 0.3) is 0 Å². The first-order valence-electron chi connectivity index (χ1n) is 8.18. The van der Waals surface area contributed by atoms with E-state index in [4.69, 9.17) is 4.74 Å². The van der Waals surface area contributed by atoms with Crippen LogP contribution in [0.5, 0.6) is 11.5 Å². The Kier molecular flexibility index (Phi) is 7.05. The summed E-state index contributed by atoms with van der Waals surface area (Å²) in [6.07, 6.45) is 2.43. The number of piperidine rings is 1. The highest BCUT2D eigenvalue weighted by Gasteiger charge is 2.16. The number of likely N-dealkylation sites (tertiary alicyclic amines) is 1. The number of nitrogens with zero attached hydrogens (tertiary/aromatic N) is 1. The molecule has 0 radical (unpaired) electrons. The van der Waals surface area contributed by atoms with Crippen molar-refractivity contribution < 1.29 is 18.3 Å². The highest BCUT2D eigenvalue weighted by Crippen LogP contribution is 2.30. The smallest absolute Gasteiger partial charge is 0.387 e. The van der Waals surface area contributed by atoms with Gasteiger partial charge in [-0.2, -0.15) is 8.78 Å². The van der Waals surface area contributed by atoms with Gasteiger partial charge in [0.2, 0.25) is 0 Å². The van der Waals surface area contributed by atoms with E-state index in [1.807, 2.05) is 6.92 Å². The Morgan fingerprint density at radius 1 is 1.26 bits per heavy atom. The van der Waals surface area contributed by atoms with Gasteiger partial charge in [-0.05, 0) is 70.1 Å². The van der Waals surface area contributed by atoms with Gasteiger partial charge >= 0.3 is 6.61 Å². The summed E-state index contributed by atoms with van der Waals surface area (Å²) < 4.78 is 34.6. The highest BCUT2D eigenvalue weighted by atomic mass is 19.3. The summed E-state index contributed by atoms with van der Waals surface area (Å²) in [5, 5.41) is 3.45. The standard InChI is InChI=1S/C17H26F2N2O2/c1-3-22-16-10-14(4-5-15(16)23-17(18)19)12-20-11-13-6-8-21(2)9-7-13/h4-5,10,13,17,20H,3,6-9,11-12H2,1-2H3. The summed E-state index contributed by atoms with van der Waals surface area (Å²) in [6, 6.07) is 5.11. The molecule has 23 heavy (non-hydrogen) atoms. The number of halogens is 2. The maximum Gasteiger partial charge on any atom is 0.387 e. The third kappa shape index (κ3) is 5.95. The van der Waals surface area contributed by atoms with E-state index >= 15 is 0 Å². The molecule has 0 bridgehead atoms. The van der Waals surface area contributed by atoms with E-state index in [1.165, 1.54) is 12.8 Å². The van der Waals surface area contributed by atoms with Crippen molar-refractivity contribution in [2.24, 2.45) is 5.92 Å². The molecule has 0 amide bonds. The van der Waals surface area contributed by atoms with E-state index in [-0.39, 0.29) is 5.75 Å². The molecule has 130 valence electrons. The largest absolute Gasteiger partial charge is 0.490 e. The number of hydrogen-bond donors (Lipinski definition) is 1. The number of benzene rings is 1. The molecule has 1 fully saturated rings. The van der Waals surface area contributed by atoms with Gasteiger partial charge < -0.3 is 19.7 Å². The van der Waals surface area contributed by atoms with E-state index in [9.17, 15) is 8.78 Å². The average Bonchev–Trinajstić information content (AvgIpc) is 2.51. The average molecular weight is 328 g/mol. The maximum atomic E-state index is 12.4. The van der Waals surface area contributed by atoms with Crippen molar-refractivity contribution in [1.82, 2.24) is 10.2 Å². The Balaban J connectivity index is 1.85. The quantitative estimate of drug-likeness (QED) is 0.795. The third-order valence-electron chi connectivity index (χ3n) is 4.12. The fraction of sp³-hybridized carbons (Fsp3) is 0.647. The monoisotopic (exact) mass is 328 g/mol. The number of rotatable bonds is 8. The lowest BCUT2D eigenvalue weighted by Gasteiger charge is -2.29. The Hall–Kier alpha value is -1.40. The van der Waals surface area contributed by atoms with Crippen molar-refractivity contribution in [3.63, 3.8) is 0 Å². The third-order valence-corrected chi connectivity index (χ3v) is 4.12. The molecule has 4 nitrogen and oxygen atoms in total. The molecule has 0 saturated carbocycles. The Morgan fingerprint density at radius 3 is 2.65 bits per heavy atom. The molecule has 0 spiro atoms. The molecule has 1 aromatic rings. The van der Waals surface area contributed by atoms with Gasteiger partial charge in [-0.25, -0.2) is 0 Å². The molecule has 1 aliphatic rings. The molecule has 1 aliphatic heterocycles. The molecule has 0 aromatic heterocycles. The van der Waals surface area contributed by atoms with Crippen LogP contribution in [0.3, 0.4) is 0 Å². The summed E-state index contributed by atoms with van der Waals surface area (Å²) in [5.74, 6) is 1.16. The molecule has 1 saturated heterocycles. The van der Waals surface area contributed by atoms with Crippen molar-refractivity contribution in [3.05, 3.63) is 23.8 Å². The maximum absolute atomic E-state index is 12.4. The van der Waals surface area contributed by atoms with Gasteiger partial charge in [0.05, 0.1) is 6.61 Å². The lowest BCUT2D eigenvalue weighted by Crippen LogP contribution is -2.34. The van der Waals surface area contributed by atoms with Gasteiger partial charge in [-0.15, -0.1) is 0 Å². The summed E-state index contributed by atoms with van der Waals surface area (Å²) in [5.41, 5.74) is 1.00. The minimum absolute atomic E-state index is 0.0842. The number of hydrogen-bond acceptors (Lipinski definition) is 4. The van der Waals surface area contributed by atoms with E-state index < -0.39 is 6.61 Å². The molecule has 2 rings (SSSR count). The van der Waals surface area contributed by atoms with Crippen LogP contribution in [0.4, 0.5) is 8.78 Å². The van der Waals surface area contributed by atoms with Gasteiger partial charge in [-0.3, -0.25) is 0 Å². The van der Waals surface area contributed by atoms with Crippen LogP contribution in [0.25, 0.3) is 0 Å². The first-order chi connectivity index (χ1) is 11.1. The fourth-order valence-corrected chi connectivity index (χ4v) is 2.81. The summed E-state index contributed by atoms with van der Waals surface area (Å²) in [7, 11) is 2.15. The minimum Gasteiger partial charge on any atom is -0.490 e. The van der Waals surface area contributed by atoms with E-state index in [0.717, 1.165) is 25.2 Å². The molecule has 6 heteroatoms. The van der Waals surface area contributed by atoms with Crippen LogP contribution in [0.1, 0.15) is 25.3 Å². The first-order valence-corrected chi connectivity index (χ1v) is 8.18. The Labute approximate surface area is 136 Å².